The van der Waals surface area contributed by atoms with E-state index in [4.69, 9.17) is 4.74 Å². The summed E-state index contributed by atoms with van der Waals surface area (Å²) in [7, 11) is -0.889. The maximum atomic E-state index is 13.1. The van der Waals surface area contributed by atoms with Crippen LogP contribution in [-0.4, -0.2) is 44.3 Å². The maximum absolute atomic E-state index is 13.1. The molecule has 1 aliphatic rings. The Morgan fingerprint density at radius 1 is 1.17 bits per heavy atom. The molecule has 0 fully saturated rings. The Kier molecular flexibility index (Phi) is 5.53. The maximum Gasteiger partial charge on any atom is 0.243 e. The molecule has 158 valence electrons. The van der Waals surface area contributed by atoms with Gasteiger partial charge >= 0.3 is 0 Å². The SMILES string of the molecule is COc1ccccc1NC(=O)CN(C)S(=O)(=O)c1ccc2[nH]c3c(c2c1)CCCC3. The van der Waals surface area contributed by atoms with E-state index in [-0.39, 0.29) is 11.4 Å². The second kappa shape index (κ2) is 8.12. The number of nitrogens with one attached hydrogen (secondary N) is 2. The molecule has 0 spiro atoms. The second-order valence-electron chi connectivity index (χ2n) is 7.51. The molecule has 2 N–H and O–H groups in total. The van der Waals surface area contributed by atoms with E-state index in [1.54, 1.807) is 36.4 Å². The molecular formula is C22H25N3O4S. The quantitative estimate of drug-likeness (QED) is 0.631. The zero-order chi connectivity index (χ0) is 21.3. The van der Waals surface area contributed by atoms with Crippen molar-refractivity contribution >= 4 is 32.5 Å². The Morgan fingerprint density at radius 3 is 2.73 bits per heavy atom. The van der Waals surface area contributed by atoms with E-state index < -0.39 is 15.9 Å². The highest BCUT2D eigenvalue weighted by Gasteiger charge is 2.25. The molecule has 0 radical (unpaired) electrons. The summed E-state index contributed by atoms with van der Waals surface area (Å²) in [6, 6.07) is 12.1. The van der Waals surface area contributed by atoms with Gasteiger partial charge in [-0.05, 0) is 61.6 Å². The number of hydrogen-bond donors (Lipinski definition) is 2. The number of amides is 1. The lowest BCUT2D eigenvalue weighted by atomic mass is 9.96. The van der Waals surface area contributed by atoms with Crippen molar-refractivity contribution in [3.8, 4) is 5.75 Å². The van der Waals surface area contributed by atoms with Crippen molar-refractivity contribution in [2.75, 3.05) is 26.0 Å². The molecule has 0 unspecified atom stereocenters. The van der Waals surface area contributed by atoms with Crippen molar-refractivity contribution in [1.29, 1.82) is 0 Å². The molecule has 8 heteroatoms. The van der Waals surface area contributed by atoms with Crippen molar-refractivity contribution < 1.29 is 17.9 Å². The van der Waals surface area contributed by atoms with E-state index in [0.29, 0.717) is 11.4 Å². The van der Waals surface area contributed by atoms with Crippen LogP contribution in [0.3, 0.4) is 0 Å². The Balaban J connectivity index is 1.54. The number of benzene rings is 2. The standard InChI is InChI=1S/C22H25N3O4S/c1-25(14-22(26)24-20-9-5-6-10-21(20)29-2)30(27,28)15-11-12-19-17(13-15)16-7-3-4-8-18(16)23-19/h5-6,9-13,23H,3-4,7-8,14H2,1-2H3,(H,24,26). The zero-order valence-electron chi connectivity index (χ0n) is 17.1. The highest BCUT2D eigenvalue weighted by molar-refractivity contribution is 7.89. The number of carbonyl (C=O) groups excluding carboxylic acids is 1. The first-order valence-corrected chi connectivity index (χ1v) is 11.4. The summed E-state index contributed by atoms with van der Waals surface area (Å²) < 4.78 is 32.5. The first kappa shape index (κ1) is 20.4. The minimum Gasteiger partial charge on any atom is -0.495 e. The Labute approximate surface area is 176 Å². The molecule has 0 atom stereocenters. The Hall–Kier alpha value is -2.84. The fraction of sp³-hybridized carbons (Fsp3) is 0.318. The molecule has 4 rings (SSSR count). The van der Waals surface area contributed by atoms with Crippen LogP contribution < -0.4 is 10.1 Å². The van der Waals surface area contributed by atoms with Gasteiger partial charge in [-0.3, -0.25) is 4.79 Å². The summed E-state index contributed by atoms with van der Waals surface area (Å²) in [6.45, 7) is -0.302. The second-order valence-corrected chi connectivity index (χ2v) is 9.55. The number of methoxy groups -OCH3 is 1. The van der Waals surface area contributed by atoms with Gasteiger partial charge < -0.3 is 15.0 Å². The summed E-state index contributed by atoms with van der Waals surface area (Å²) in [6.07, 6.45) is 4.21. The fourth-order valence-electron chi connectivity index (χ4n) is 3.95. The van der Waals surface area contributed by atoms with Crippen LogP contribution in [-0.2, 0) is 27.7 Å². The Morgan fingerprint density at radius 2 is 1.93 bits per heavy atom. The fourth-order valence-corrected chi connectivity index (χ4v) is 5.10. The smallest absolute Gasteiger partial charge is 0.243 e. The van der Waals surface area contributed by atoms with E-state index >= 15 is 0 Å². The number of aromatic amines is 1. The zero-order valence-corrected chi connectivity index (χ0v) is 17.9. The molecule has 1 amide bonds. The lowest BCUT2D eigenvalue weighted by Gasteiger charge is -2.18. The van der Waals surface area contributed by atoms with Gasteiger partial charge in [0.1, 0.15) is 5.75 Å². The molecule has 0 aliphatic heterocycles. The van der Waals surface area contributed by atoms with Crippen LogP contribution >= 0.6 is 0 Å². The van der Waals surface area contributed by atoms with Crippen molar-refractivity contribution in [3.63, 3.8) is 0 Å². The monoisotopic (exact) mass is 427 g/mol. The van der Waals surface area contributed by atoms with Crippen molar-refractivity contribution in [2.45, 2.75) is 30.6 Å². The molecule has 0 saturated carbocycles. The number of aromatic nitrogens is 1. The van der Waals surface area contributed by atoms with Gasteiger partial charge in [0.25, 0.3) is 0 Å². The number of fused-ring (bicyclic) bond motifs is 3. The van der Waals surface area contributed by atoms with Crippen molar-refractivity contribution in [3.05, 3.63) is 53.7 Å². The number of sulfonamides is 1. The summed E-state index contributed by atoms with van der Waals surface area (Å²) in [4.78, 5) is 16.1. The van der Waals surface area contributed by atoms with Crippen LogP contribution in [0.4, 0.5) is 5.69 Å². The molecule has 7 nitrogen and oxygen atoms in total. The van der Waals surface area contributed by atoms with Crippen LogP contribution in [0.25, 0.3) is 10.9 Å². The van der Waals surface area contributed by atoms with E-state index in [9.17, 15) is 13.2 Å². The van der Waals surface area contributed by atoms with Crippen LogP contribution in [0.15, 0.2) is 47.4 Å². The largest absolute Gasteiger partial charge is 0.495 e. The van der Waals surface area contributed by atoms with Gasteiger partial charge in [0.2, 0.25) is 15.9 Å². The van der Waals surface area contributed by atoms with E-state index in [2.05, 4.69) is 10.3 Å². The molecule has 3 aromatic rings. The molecule has 2 aromatic carbocycles. The average Bonchev–Trinajstić information content (AvgIpc) is 3.12. The minimum absolute atomic E-state index is 0.190. The predicted molar refractivity (Wildman–Crippen MR) is 116 cm³/mol. The third kappa shape index (κ3) is 3.80. The summed E-state index contributed by atoms with van der Waals surface area (Å²) in [5.74, 6) is 0.0738. The molecule has 1 aromatic heterocycles. The normalized spacial score (nSPS) is 14.0. The molecule has 1 heterocycles. The molecule has 30 heavy (non-hydrogen) atoms. The van der Waals surface area contributed by atoms with Gasteiger partial charge in [0.15, 0.2) is 0 Å². The van der Waals surface area contributed by atoms with Gasteiger partial charge in [-0.25, -0.2) is 8.42 Å². The van der Waals surface area contributed by atoms with E-state index in [1.165, 1.54) is 25.4 Å². The van der Waals surface area contributed by atoms with Crippen molar-refractivity contribution in [1.82, 2.24) is 9.29 Å². The highest BCUT2D eigenvalue weighted by atomic mass is 32.2. The number of carbonyl (C=O) groups is 1. The van der Waals surface area contributed by atoms with Crippen molar-refractivity contribution in [2.24, 2.45) is 0 Å². The van der Waals surface area contributed by atoms with Gasteiger partial charge in [0.05, 0.1) is 24.2 Å². The first-order valence-electron chi connectivity index (χ1n) is 9.93. The van der Waals surface area contributed by atoms with E-state index in [1.807, 2.05) is 6.07 Å². The number of likely N-dealkylation sites (N-methyl/N-ethyl adjacent to an activating group) is 1. The number of hydrogen-bond acceptors (Lipinski definition) is 4. The van der Waals surface area contributed by atoms with Crippen LogP contribution in [0.2, 0.25) is 0 Å². The number of rotatable bonds is 6. The highest BCUT2D eigenvalue weighted by Crippen LogP contribution is 2.31. The van der Waals surface area contributed by atoms with Crippen LogP contribution in [0, 0.1) is 0 Å². The number of aryl methyl sites for hydroxylation is 2. The number of anilines is 1. The lowest BCUT2D eigenvalue weighted by Crippen LogP contribution is -2.35. The number of para-hydroxylation sites is 2. The predicted octanol–water partition coefficient (Wildman–Crippen LogP) is 3.31. The third-order valence-electron chi connectivity index (χ3n) is 5.53. The van der Waals surface area contributed by atoms with Gasteiger partial charge in [-0.15, -0.1) is 0 Å². The molecule has 0 bridgehead atoms. The summed E-state index contributed by atoms with van der Waals surface area (Å²) in [5.41, 5.74) is 3.87. The van der Waals surface area contributed by atoms with Crippen LogP contribution in [0.5, 0.6) is 5.75 Å². The topological polar surface area (TPSA) is 91.5 Å². The summed E-state index contributed by atoms with van der Waals surface area (Å²) >= 11 is 0. The minimum atomic E-state index is -3.81. The third-order valence-corrected chi connectivity index (χ3v) is 7.32. The van der Waals surface area contributed by atoms with E-state index in [0.717, 1.165) is 40.9 Å². The van der Waals surface area contributed by atoms with Gasteiger partial charge in [-0.1, -0.05) is 12.1 Å². The number of nitrogens with zero attached hydrogens (tertiary/aromatic N) is 1. The van der Waals surface area contributed by atoms with Gasteiger partial charge in [0, 0.05) is 23.6 Å². The number of H-pyrrole nitrogens is 1. The molecule has 0 saturated heterocycles. The summed E-state index contributed by atoms with van der Waals surface area (Å²) in [5, 5.41) is 3.66. The molecular weight excluding hydrogens is 402 g/mol. The first-order chi connectivity index (χ1) is 14.4. The van der Waals surface area contributed by atoms with Gasteiger partial charge in [-0.2, -0.15) is 4.31 Å². The molecule has 1 aliphatic carbocycles. The number of ether oxygens (including phenoxy) is 1. The van der Waals surface area contributed by atoms with Crippen LogP contribution in [0.1, 0.15) is 24.1 Å². The Bertz CT molecular complexity index is 1200. The lowest BCUT2D eigenvalue weighted by molar-refractivity contribution is -0.116. The average molecular weight is 428 g/mol.